The number of urea groups is 1. The summed E-state index contributed by atoms with van der Waals surface area (Å²) in [5.41, 5.74) is 3.82. The molecule has 7 nitrogen and oxygen atoms in total. The predicted molar refractivity (Wildman–Crippen MR) is 122 cm³/mol. The second-order valence-corrected chi connectivity index (χ2v) is 7.52. The molecule has 170 valence electrons. The molecule has 3 rings (SSSR count). The van der Waals surface area contributed by atoms with E-state index in [2.05, 4.69) is 5.32 Å². The van der Waals surface area contributed by atoms with E-state index < -0.39 is 12.0 Å². The monoisotopic (exact) mass is 438 g/mol. The minimum atomic E-state index is -0.683. The molecule has 0 fully saturated rings. The number of nitrogens with one attached hydrogen (secondary N) is 1. The molecular formula is C25H30N2O5. The number of benzene rings is 2. The van der Waals surface area contributed by atoms with Crippen LogP contribution in [0.2, 0.25) is 0 Å². The maximum atomic E-state index is 13.1. The van der Waals surface area contributed by atoms with Crippen molar-refractivity contribution in [1.29, 1.82) is 0 Å². The van der Waals surface area contributed by atoms with E-state index in [1.165, 1.54) is 4.90 Å². The molecule has 1 atom stereocenters. The molecule has 0 radical (unpaired) electrons. The molecule has 2 aromatic carbocycles. The van der Waals surface area contributed by atoms with Gasteiger partial charge in [-0.25, -0.2) is 9.59 Å². The van der Waals surface area contributed by atoms with Gasteiger partial charge in [-0.2, -0.15) is 0 Å². The summed E-state index contributed by atoms with van der Waals surface area (Å²) in [5, 5.41) is 2.94. The minimum absolute atomic E-state index is 0.0539. The Morgan fingerprint density at radius 3 is 2.50 bits per heavy atom. The van der Waals surface area contributed by atoms with Crippen molar-refractivity contribution >= 4 is 12.0 Å². The van der Waals surface area contributed by atoms with E-state index in [1.54, 1.807) is 20.1 Å². The molecule has 0 saturated carbocycles. The Morgan fingerprint density at radius 2 is 1.84 bits per heavy atom. The number of carbonyl (C=O) groups is 2. The van der Waals surface area contributed by atoms with Gasteiger partial charge in [0.1, 0.15) is 18.1 Å². The van der Waals surface area contributed by atoms with Crippen LogP contribution in [0, 0.1) is 13.8 Å². The topological polar surface area (TPSA) is 77.1 Å². The Hall–Kier alpha value is -3.48. The molecule has 1 N–H and O–H groups in total. The quantitative estimate of drug-likeness (QED) is 0.622. The summed E-state index contributed by atoms with van der Waals surface area (Å²) in [6, 6.07) is 12.1. The van der Waals surface area contributed by atoms with Gasteiger partial charge in [-0.3, -0.25) is 4.90 Å². The average Bonchev–Trinajstić information content (AvgIpc) is 2.79. The standard InChI is InChI=1S/C25H30N2O5/c1-6-27-21(15-32-20-12-11-16(3)17(4)13-20)22(24(28)31-7-2)23(26-25(27)29)18-9-8-10-19(14-18)30-5/h8-14,23H,6-7,15H2,1-5H3,(H,26,29)/t23-/m0/s1. The average molecular weight is 439 g/mol. The van der Waals surface area contributed by atoms with Crippen molar-refractivity contribution in [2.75, 3.05) is 26.9 Å². The molecule has 1 aliphatic rings. The van der Waals surface area contributed by atoms with Crippen molar-refractivity contribution in [3.63, 3.8) is 0 Å². The fourth-order valence-electron chi connectivity index (χ4n) is 3.67. The van der Waals surface area contributed by atoms with E-state index in [1.807, 2.05) is 57.2 Å². The summed E-state index contributed by atoms with van der Waals surface area (Å²) in [6.45, 7) is 8.30. The fourth-order valence-corrected chi connectivity index (χ4v) is 3.67. The first-order valence-electron chi connectivity index (χ1n) is 10.7. The highest BCUT2D eigenvalue weighted by Crippen LogP contribution is 2.33. The SMILES string of the molecule is CCOC(=O)C1=C(COc2ccc(C)c(C)c2)N(CC)C(=O)N[C@H]1c1cccc(OC)c1. The van der Waals surface area contributed by atoms with Crippen molar-refractivity contribution in [2.24, 2.45) is 0 Å². The maximum Gasteiger partial charge on any atom is 0.338 e. The molecule has 7 heteroatoms. The second kappa shape index (κ2) is 10.2. The zero-order valence-electron chi connectivity index (χ0n) is 19.2. The summed E-state index contributed by atoms with van der Waals surface area (Å²) >= 11 is 0. The molecule has 0 saturated heterocycles. The van der Waals surface area contributed by atoms with E-state index in [-0.39, 0.29) is 19.2 Å². The Kier molecular flexibility index (Phi) is 7.41. The Morgan fingerprint density at radius 1 is 1.06 bits per heavy atom. The van der Waals surface area contributed by atoms with E-state index in [9.17, 15) is 9.59 Å². The number of esters is 1. The van der Waals surface area contributed by atoms with Gasteiger partial charge in [-0.05, 0) is 68.7 Å². The first kappa shape index (κ1) is 23.2. The molecule has 0 spiro atoms. The number of likely N-dealkylation sites (N-methyl/N-ethyl adjacent to an activating group) is 1. The third-order valence-electron chi connectivity index (χ3n) is 5.53. The number of hydrogen-bond acceptors (Lipinski definition) is 5. The van der Waals surface area contributed by atoms with Crippen LogP contribution in [0.4, 0.5) is 4.79 Å². The van der Waals surface area contributed by atoms with Gasteiger partial charge in [0, 0.05) is 6.54 Å². The van der Waals surface area contributed by atoms with Gasteiger partial charge in [-0.15, -0.1) is 0 Å². The van der Waals surface area contributed by atoms with Crippen LogP contribution in [0.1, 0.15) is 36.6 Å². The maximum absolute atomic E-state index is 13.1. The summed E-state index contributed by atoms with van der Waals surface area (Å²) in [4.78, 5) is 27.5. The first-order valence-corrected chi connectivity index (χ1v) is 10.7. The van der Waals surface area contributed by atoms with Gasteiger partial charge in [-0.1, -0.05) is 18.2 Å². The molecule has 2 amide bonds. The first-order chi connectivity index (χ1) is 15.4. The molecule has 32 heavy (non-hydrogen) atoms. The molecule has 2 aromatic rings. The third-order valence-corrected chi connectivity index (χ3v) is 5.53. The Labute approximate surface area is 189 Å². The zero-order chi connectivity index (χ0) is 23.3. The van der Waals surface area contributed by atoms with Gasteiger partial charge in [0.05, 0.1) is 31.0 Å². The molecule has 1 heterocycles. The zero-order valence-corrected chi connectivity index (χ0v) is 19.2. The molecule has 0 aromatic heterocycles. The number of carbonyl (C=O) groups excluding carboxylic acids is 2. The number of aryl methyl sites for hydroxylation is 2. The van der Waals surface area contributed by atoms with Crippen molar-refractivity contribution in [1.82, 2.24) is 10.2 Å². The third kappa shape index (κ3) is 4.88. The van der Waals surface area contributed by atoms with Crippen molar-refractivity contribution in [3.05, 3.63) is 70.4 Å². The molecule has 0 bridgehead atoms. The van der Waals surface area contributed by atoms with Gasteiger partial charge >= 0.3 is 12.0 Å². The Bertz CT molecular complexity index is 1030. The van der Waals surface area contributed by atoms with Crippen molar-refractivity contribution < 1.29 is 23.8 Å². The second-order valence-electron chi connectivity index (χ2n) is 7.52. The van der Waals surface area contributed by atoms with Crippen LogP contribution in [0.15, 0.2) is 53.7 Å². The summed E-state index contributed by atoms with van der Waals surface area (Å²) < 4.78 is 16.7. The van der Waals surface area contributed by atoms with Gasteiger partial charge in [0.25, 0.3) is 0 Å². The van der Waals surface area contributed by atoms with E-state index >= 15 is 0 Å². The fraction of sp³-hybridized carbons (Fsp3) is 0.360. The highest BCUT2D eigenvalue weighted by atomic mass is 16.5. The van der Waals surface area contributed by atoms with Crippen LogP contribution in [0.25, 0.3) is 0 Å². The van der Waals surface area contributed by atoms with Crippen LogP contribution in [-0.2, 0) is 9.53 Å². The van der Waals surface area contributed by atoms with Crippen LogP contribution < -0.4 is 14.8 Å². The van der Waals surface area contributed by atoms with Crippen LogP contribution in [0.3, 0.4) is 0 Å². The van der Waals surface area contributed by atoms with E-state index in [4.69, 9.17) is 14.2 Å². The summed E-state index contributed by atoms with van der Waals surface area (Å²) in [6.07, 6.45) is 0. The van der Waals surface area contributed by atoms with Gasteiger partial charge in [0.2, 0.25) is 0 Å². The van der Waals surface area contributed by atoms with Crippen molar-refractivity contribution in [2.45, 2.75) is 33.7 Å². The van der Waals surface area contributed by atoms with Crippen LogP contribution in [0.5, 0.6) is 11.5 Å². The van der Waals surface area contributed by atoms with Crippen LogP contribution in [-0.4, -0.2) is 43.8 Å². The molecule has 0 unspecified atom stereocenters. The lowest BCUT2D eigenvalue weighted by molar-refractivity contribution is -0.139. The normalized spacial score (nSPS) is 16.0. The van der Waals surface area contributed by atoms with Gasteiger partial charge in [0.15, 0.2) is 0 Å². The summed E-state index contributed by atoms with van der Waals surface area (Å²) in [7, 11) is 1.57. The van der Waals surface area contributed by atoms with Gasteiger partial charge < -0.3 is 19.5 Å². The van der Waals surface area contributed by atoms with E-state index in [0.717, 1.165) is 16.7 Å². The Balaban J connectivity index is 2.07. The molecular weight excluding hydrogens is 408 g/mol. The highest BCUT2D eigenvalue weighted by Gasteiger charge is 2.38. The number of methoxy groups -OCH3 is 1. The van der Waals surface area contributed by atoms with Crippen LogP contribution >= 0.6 is 0 Å². The lowest BCUT2D eigenvalue weighted by Crippen LogP contribution is -2.49. The lowest BCUT2D eigenvalue weighted by Gasteiger charge is -2.36. The molecule has 1 aliphatic heterocycles. The van der Waals surface area contributed by atoms with Crippen molar-refractivity contribution in [3.8, 4) is 11.5 Å². The summed E-state index contributed by atoms with van der Waals surface area (Å²) in [5.74, 6) is 0.812. The predicted octanol–water partition coefficient (Wildman–Crippen LogP) is 4.29. The number of amides is 2. The number of nitrogens with zero attached hydrogens (tertiary/aromatic N) is 1. The minimum Gasteiger partial charge on any atom is -0.497 e. The van der Waals surface area contributed by atoms with E-state index in [0.29, 0.717) is 29.3 Å². The number of ether oxygens (including phenoxy) is 3. The lowest BCUT2D eigenvalue weighted by atomic mass is 9.94. The number of rotatable bonds is 8. The smallest absolute Gasteiger partial charge is 0.338 e. The highest BCUT2D eigenvalue weighted by molar-refractivity contribution is 5.95. The number of hydrogen-bond donors (Lipinski definition) is 1. The largest absolute Gasteiger partial charge is 0.497 e. The molecule has 0 aliphatic carbocycles.